The summed E-state index contributed by atoms with van der Waals surface area (Å²) in [6, 6.07) is 15.8. The summed E-state index contributed by atoms with van der Waals surface area (Å²) < 4.78 is 15.1. The normalized spacial score (nSPS) is 10.9. The zero-order valence-corrected chi connectivity index (χ0v) is 21.6. The highest BCUT2D eigenvalue weighted by molar-refractivity contribution is 5.81. The summed E-state index contributed by atoms with van der Waals surface area (Å²) in [5.74, 6) is 11.3. The van der Waals surface area contributed by atoms with Crippen molar-refractivity contribution in [2.45, 2.75) is 51.9 Å². The first-order valence-corrected chi connectivity index (χ1v) is 11.8. The first-order valence-electron chi connectivity index (χ1n) is 11.8. The number of carbonyl (C=O) groups excluding carboxylic acids is 3. The van der Waals surface area contributed by atoms with Crippen LogP contribution >= 0.6 is 0 Å². The molecule has 0 aliphatic rings. The van der Waals surface area contributed by atoms with E-state index in [2.05, 4.69) is 34.3 Å². The van der Waals surface area contributed by atoms with Gasteiger partial charge in [0.05, 0.1) is 7.11 Å². The highest BCUT2D eigenvalue weighted by Crippen LogP contribution is 2.08. The van der Waals surface area contributed by atoms with Crippen molar-refractivity contribution in [3.63, 3.8) is 0 Å². The Labute approximate surface area is 218 Å². The summed E-state index contributed by atoms with van der Waals surface area (Å²) in [5, 5.41) is 5.15. The number of rotatable bonds is 7. The maximum Gasteiger partial charge on any atom is 0.408 e. The summed E-state index contributed by atoms with van der Waals surface area (Å²) in [4.78, 5) is 35.7. The van der Waals surface area contributed by atoms with Crippen LogP contribution in [0, 0.1) is 23.7 Å². The SMILES string of the molecule is COC(=O)[C@@H](CC#Cc1ccc(C#CCCNC(=O)OCc2ccccc2)cc1)NC(=O)OC(C)(C)C. The van der Waals surface area contributed by atoms with Gasteiger partial charge in [-0.3, -0.25) is 0 Å². The van der Waals surface area contributed by atoms with E-state index in [4.69, 9.17) is 14.2 Å². The molecular formula is C29H32N2O6. The van der Waals surface area contributed by atoms with Crippen LogP contribution in [-0.4, -0.2) is 43.5 Å². The van der Waals surface area contributed by atoms with E-state index < -0.39 is 29.8 Å². The van der Waals surface area contributed by atoms with Crippen LogP contribution in [0.3, 0.4) is 0 Å². The van der Waals surface area contributed by atoms with Crippen molar-refractivity contribution in [1.82, 2.24) is 10.6 Å². The maximum absolute atomic E-state index is 12.0. The molecule has 194 valence electrons. The van der Waals surface area contributed by atoms with Crippen LogP contribution < -0.4 is 10.6 Å². The molecule has 2 N–H and O–H groups in total. The van der Waals surface area contributed by atoms with Gasteiger partial charge >= 0.3 is 18.2 Å². The molecular weight excluding hydrogens is 472 g/mol. The third-order valence-electron chi connectivity index (χ3n) is 4.57. The molecule has 0 fully saturated rings. The number of nitrogens with one attached hydrogen (secondary N) is 2. The van der Waals surface area contributed by atoms with Crippen LogP contribution in [0.2, 0.25) is 0 Å². The minimum Gasteiger partial charge on any atom is -0.467 e. The van der Waals surface area contributed by atoms with E-state index in [9.17, 15) is 14.4 Å². The van der Waals surface area contributed by atoms with Crippen molar-refractivity contribution in [1.29, 1.82) is 0 Å². The number of carbonyl (C=O) groups is 3. The first kappa shape index (κ1) is 28.8. The maximum atomic E-state index is 12.0. The second kappa shape index (κ2) is 14.9. The van der Waals surface area contributed by atoms with E-state index in [-0.39, 0.29) is 13.0 Å². The minimum absolute atomic E-state index is 0.0637. The van der Waals surface area contributed by atoms with Crippen LogP contribution in [0.4, 0.5) is 9.59 Å². The fraction of sp³-hybridized carbons (Fsp3) is 0.345. The third-order valence-corrected chi connectivity index (χ3v) is 4.57. The Kier molecular flexibility index (Phi) is 11.6. The second-order valence-corrected chi connectivity index (χ2v) is 8.85. The summed E-state index contributed by atoms with van der Waals surface area (Å²) in [6.45, 7) is 5.79. The van der Waals surface area contributed by atoms with Crippen molar-refractivity contribution in [2.24, 2.45) is 0 Å². The molecule has 0 unspecified atom stereocenters. The van der Waals surface area contributed by atoms with Crippen LogP contribution in [0.15, 0.2) is 54.6 Å². The first-order chi connectivity index (χ1) is 17.7. The number of benzene rings is 2. The lowest BCUT2D eigenvalue weighted by Crippen LogP contribution is -2.43. The number of methoxy groups -OCH3 is 1. The van der Waals surface area contributed by atoms with Crippen LogP contribution in [0.5, 0.6) is 0 Å². The summed E-state index contributed by atoms with van der Waals surface area (Å²) in [6.07, 6.45) is -0.660. The molecule has 2 amide bonds. The number of ether oxygens (including phenoxy) is 3. The zero-order chi connectivity index (χ0) is 27.1. The number of hydrogen-bond acceptors (Lipinski definition) is 6. The van der Waals surface area contributed by atoms with Crippen LogP contribution in [0.1, 0.15) is 50.3 Å². The van der Waals surface area contributed by atoms with Crippen molar-refractivity contribution in [3.8, 4) is 23.7 Å². The number of esters is 1. The van der Waals surface area contributed by atoms with E-state index in [1.54, 1.807) is 20.8 Å². The average molecular weight is 505 g/mol. The Hall–Kier alpha value is -4.43. The lowest BCUT2D eigenvalue weighted by atomic mass is 10.1. The van der Waals surface area contributed by atoms with Gasteiger partial charge in [0.1, 0.15) is 18.2 Å². The van der Waals surface area contributed by atoms with Gasteiger partial charge in [-0.2, -0.15) is 0 Å². The van der Waals surface area contributed by atoms with Gasteiger partial charge in [-0.1, -0.05) is 54.0 Å². The second-order valence-electron chi connectivity index (χ2n) is 8.85. The van der Waals surface area contributed by atoms with Gasteiger partial charge in [-0.05, 0) is 50.6 Å². The third kappa shape index (κ3) is 12.2. The van der Waals surface area contributed by atoms with Gasteiger partial charge in [-0.25, -0.2) is 14.4 Å². The lowest BCUT2D eigenvalue weighted by molar-refractivity contribution is -0.143. The topological polar surface area (TPSA) is 103 Å². The summed E-state index contributed by atoms with van der Waals surface area (Å²) in [7, 11) is 1.24. The van der Waals surface area contributed by atoms with Crippen molar-refractivity contribution in [2.75, 3.05) is 13.7 Å². The molecule has 0 saturated heterocycles. The Morgan fingerprint density at radius 1 is 0.892 bits per heavy atom. The molecule has 0 heterocycles. The van der Waals surface area contributed by atoms with Crippen LogP contribution in [-0.2, 0) is 25.6 Å². The highest BCUT2D eigenvalue weighted by Gasteiger charge is 2.24. The molecule has 37 heavy (non-hydrogen) atoms. The van der Waals surface area contributed by atoms with E-state index in [0.29, 0.717) is 13.0 Å². The quantitative estimate of drug-likeness (QED) is 0.254. The summed E-state index contributed by atoms with van der Waals surface area (Å²) in [5.41, 5.74) is 1.77. The predicted molar refractivity (Wildman–Crippen MR) is 139 cm³/mol. The average Bonchev–Trinajstić information content (AvgIpc) is 2.86. The van der Waals surface area contributed by atoms with Gasteiger partial charge in [-0.15, -0.1) is 0 Å². The Morgan fingerprint density at radius 3 is 2.11 bits per heavy atom. The van der Waals surface area contributed by atoms with E-state index in [1.807, 2.05) is 54.6 Å². The standard InChI is InChI=1S/C29H32N2O6/c1-29(2,3)37-28(34)31-25(26(32)35-4)15-10-14-23-18-16-22(17-19-23)11-8-9-20-30-27(33)36-21-24-12-6-5-7-13-24/h5-7,12-13,16-19,25H,9,15,20-21H2,1-4H3,(H,30,33)(H,31,34)/t25-/m1/s1. The molecule has 2 aromatic carbocycles. The van der Waals surface area contributed by atoms with E-state index in [0.717, 1.165) is 16.7 Å². The molecule has 0 aliphatic carbocycles. The molecule has 8 heteroatoms. The van der Waals surface area contributed by atoms with Crippen molar-refractivity contribution < 1.29 is 28.6 Å². The molecule has 0 aromatic heterocycles. The van der Waals surface area contributed by atoms with Crippen molar-refractivity contribution >= 4 is 18.2 Å². The molecule has 0 aliphatic heterocycles. The molecule has 0 radical (unpaired) electrons. The lowest BCUT2D eigenvalue weighted by Gasteiger charge is -2.21. The Balaban J connectivity index is 1.78. The predicted octanol–water partition coefficient (Wildman–Crippen LogP) is 4.16. The van der Waals surface area contributed by atoms with Gasteiger partial charge in [0, 0.05) is 30.5 Å². The molecule has 0 bridgehead atoms. The Morgan fingerprint density at radius 2 is 1.51 bits per heavy atom. The van der Waals surface area contributed by atoms with Gasteiger partial charge < -0.3 is 24.8 Å². The molecule has 2 rings (SSSR count). The molecule has 2 aromatic rings. The molecule has 1 atom stereocenters. The molecule has 0 saturated carbocycles. The van der Waals surface area contributed by atoms with E-state index >= 15 is 0 Å². The zero-order valence-electron chi connectivity index (χ0n) is 21.6. The number of hydrogen-bond donors (Lipinski definition) is 2. The Bertz CT molecular complexity index is 1160. The fourth-order valence-corrected chi connectivity index (χ4v) is 2.84. The molecule has 8 nitrogen and oxygen atoms in total. The van der Waals surface area contributed by atoms with Gasteiger partial charge in [0.2, 0.25) is 0 Å². The van der Waals surface area contributed by atoms with Gasteiger partial charge in [0.25, 0.3) is 0 Å². The van der Waals surface area contributed by atoms with Crippen LogP contribution in [0.25, 0.3) is 0 Å². The molecule has 0 spiro atoms. The van der Waals surface area contributed by atoms with Gasteiger partial charge in [0.15, 0.2) is 0 Å². The van der Waals surface area contributed by atoms with Crippen molar-refractivity contribution in [3.05, 3.63) is 71.3 Å². The minimum atomic E-state index is -0.943. The largest absolute Gasteiger partial charge is 0.467 e. The smallest absolute Gasteiger partial charge is 0.408 e. The summed E-state index contributed by atoms with van der Waals surface area (Å²) >= 11 is 0. The highest BCUT2D eigenvalue weighted by atomic mass is 16.6. The fourth-order valence-electron chi connectivity index (χ4n) is 2.84. The van der Waals surface area contributed by atoms with E-state index in [1.165, 1.54) is 7.11 Å². The number of alkyl carbamates (subject to hydrolysis) is 2. The monoisotopic (exact) mass is 504 g/mol. The number of amides is 2.